The molecule has 0 radical (unpaired) electrons. The number of rotatable bonds is 3. The average molecular weight is 619 g/mol. The summed E-state index contributed by atoms with van der Waals surface area (Å²) in [5, 5.41) is 0. The van der Waals surface area contributed by atoms with Gasteiger partial charge in [0.1, 0.15) is 0 Å². The predicted molar refractivity (Wildman–Crippen MR) is 195 cm³/mol. The molecule has 1 saturated heterocycles. The van der Waals surface area contributed by atoms with Crippen LogP contribution in [0.25, 0.3) is 0 Å². The minimum atomic E-state index is 0.360. The Morgan fingerprint density at radius 2 is 1.09 bits per heavy atom. The monoisotopic (exact) mass is 619 g/mol. The molecule has 1 aromatic rings. The third kappa shape index (κ3) is 27.1. The predicted octanol–water partition coefficient (Wildman–Crippen LogP) is 13.5. The molecule has 260 valence electrons. The second-order valence-corrected chi connectivity index (χ2v) is 18.7. The van der Waals surface area contributed by atoms with Crippen LogP contribution in [0.1, 0.15) is 174 Å². The summed E-state index contributed by atoms with van der Waals surface area (Å²) >= 11 is 0. The maximum atomic E-state index is 5.08. The third-order valence-corrected chi connectivity index (χ3v) is 7.90. The number of para-hydroxylation sites is 2. The summed E-state index contributed by atoms with van der Waals surface area (Å²) in [6, 6.07) is 7.63. The molecule has 0 aromatic heterocycles. The van der Waals surface area contributed by atoms with Gasteiger partial charge in [0, 0.05) is 13.2 Å². The molecular formula is C41H78O3. The van der Waals surface area contributed by atoms with Gasteiger partial charge in [0.2, 0.25) is 6.79 Å². The standard InChI is InChI=1S/C10H20.C9H18.C7H6O2.C6H14.C5H12.C4H8O/c1-5-10(6-7-10)8-9(2,3)4;1-9(2,3)7-8-5-4-6-8;1-2-4-7-6(3-1)8-5-9-7;1-5-6(2,3)4;1-5(2,3)4;1-2-4-5-3-1/h5-8H2,1-4H3;8H,4-7H2,1-3H3;1-4H,5H2;5H2,1-4H3;1-4H3;1-4H2. The minimum Gasteiger partial charge on any atom is -0.454 e. The molecule has 2 aliphatic heterocycles. The molecule has 0 N–H and O–H groups in total. The van der Waals surface area contributed by atoms with E-state index in [2.05, 4.69) is 104 Å². The highest BCUT2D eigenvalue weighted by molar-refractivity contribution is 5.40. The van der Waals surface area contributed by atoms with Gasteiger partial charge < -0.3 is 14.2 Å². The highest BCUT2D eigenvalue weighted by atomic mass is 16.7. The zero-order valence-electron chi connectivity index (χ0n) is 32.5. The fraction of sp³-hybridized carbons (Fsp3) is 0.854. The van der Waals surface area contributed by atoms with Gasteiger partial charge in [-0.2, -0.15) is 0 Å². The van der Waals surface area contributed by atoms with Gasteiger partial charge in [-0.05, 0) is 83.7 Å². The summed E-state index contributed by atoms with van der Waals surface area (Å²) in [6.07, 6.45) is 15.5. The molecule has 0 bridgehead atoms. The number of ether oxygens (including phenoxy) is 3. The Kier molecular flexibility index (Phi) is 19.6. The number of hydrogen-bond acceptors (Lipinski definition) is 3. The summed E-state index contributed by atoms with van der Waals surface area (Å²) in [5.74, 6) is 2.76. The van der Waals surface area contributed by atoms with Crippen LogP contribution in [0.4, 0.5) is 0 Å². The van der Waals surface area contributed by atoms with Crippen molar-refractivity contribution >= 4 is 0 Å². The Morgan fingerprint density at radius 3 is 1.27 bits per heavy atom. The number of benzene rings is 1. The first-order valence-electron chi connectivity index (χ1n) is 18.0. The summed E-state index contributed by atoms with van der Waals surface area (Å²) in [4.78, 5) is 0. The molecule has 0 amide bonds. The van der Waals surface area contributed by atoms with Crippen LogP contribution >= 0.6 is 0 Å². The van der Waals surface area contributed by atoms with E-state index in [4.69, 9.17) is 14.2 Å². The summed E-state index contributed by atoms with van der Waals surface area (Å²) in [5.41, 5.74) is 2.94. The summed E-state index contributed by atoms with van der Waals surface area (Å²) < 4.78 is 15.1. The highest BCUT2D eigenvalue weighted by Gasteiger charge is 2.42. The average Bonchev–Trinajstić information content (AvgIpc) is 3.26. The van der Waals surface area contributed by atoms with Crippen molar-refractivity contribution in [2.75, 3.05) is 20.0 Å². The Balaban J connectivity index is 0.000000516. The van der Waals surface area contributed by atoms with Crippen LogP contribution in [0.3, 0.4) is 0 Å². The molecule has 4 aliphatic rings. The van der Waals surface area contributed by atoms with Crippen LogP contribution in [0.5, 0.6) is 11.5 Å². The van der Waals surface area contributed by atoms with Gasteiger partial charge in [0.05, 0.1) is 0 Å². The van der Waals surface area contributed by atoms with E-state index in [1.165, 1.54) is 70.6 Å². The van der Waals surface area contributed by atoms with Gasteiger partial charge >= 0.3 is 0 Å². The molecule has 3 heteroatoms. The van der Waals surface area contributed by atoms with E-state index >= 15 is 0 Å². The molecule has 0 atom stereocenters. The maximum Gasteiger partial charge on any atom is 0.231 e. The quantitative estimate of drug-likeness (QED) is 0.337. The lowest BCUT2D eigenvalue weighted by Crippen LogP contribution is -2.18. The van der Waals surface area contributed by atoms with Crippen LogP contribution in [0.15, 0.2) is 24.3 Å². The van der Waals surface area contributed by atoms with Gasteiger partial charge in [-0.1, -0.05) is 148 Å². The first-order chi connectivity index (χ1) is 20.1. The van der Waals surface area contributed by atoms with Crippen molar-refractivity contribution in [3.8, 4) is 11.5 Å². The first kappa shape index (κ1) is 42.8. The normalized spacial score (nSPS) is 18.2. The lowest BCUT2D eigenvalue weighted by molar-refractivity contribution is 0.174. The second kappa shape index (κ2) is 20.1. The highest BCUT2D eigenvalue weighted by Crippen LogP contribution is 2.55. The fourth-order valence-corrected chi connectivity index (χ4v) is 4.88. The van der Waals surface area contributed by atoms with E-state index in [9.17, 15) is 0 Å². The summed E-state index contributed by atoms with van der Waals surface area (Å²) in [6.45, 7) is 36.4. The van der Waals surface area contributed by atoms with Crippen molar-refractivity contribution in [3.05, 3.63) is 24.3 Å². The topological polar surface area (TPSA) is 27.7 Å². The SMILES string of the molecule is C1CCOC1.CC(C)(C)C.CC(C)(C)CC1CCC1.CCC(C)(C)C.CCC1(CC(C)(C)C)CC1.c1ccc2c(c1)OCO2. The molecule has 2 aliphatic carbocycles. The molecule has 0 spiro atoms. The second-order valence-electron chi connectivity index (χ2n) is 18.7. The Labute approximate surface area is 277 Å². The lowest BCUT2D eigenvalue weighted by Gasteiger charge is -2.31. The molecule has 3 fully saturated rings. The van der Waals surface area contributed by atoms with Crippen LogP contribution in [0.2, 0.25) is 0 Å². The minimum absolute atomic E-state index is 0.360. The molecule has 2 saturated carbocycles. The number of hydrogen-bond donors (Lipinski definition) is 0. The van der Waals surface area contributed by atoms with Gasteiger partial charge in [-0.3, -0.25) is 0 Å². The largest absolute Gasteiger partial charge is 0.454 e. The fourth-order valence-electron chi connectivity index (χ4n) is 4.88. The van der Waals surface area contributed by atoms with Crippen molar-refractivity contribution in [2.45, 2.75) is 174 Å². The van der Waals surface area contributed by atoms with Crippen LogP contribution in [-0.2, 0) is 4.74 Å². The van der Waals surface area contributed by atoms with E-state index in [1.54, 1.807) is 0 Å². The van der Waals surface area contributed by atoms with E-state index in [0.29, 0.717) is 28.5 Å². The molecule has 44 heavy (non-hydrogen) atoms. The molecule has 0 unspecified atom stereocenters. The Hall–Kier alpha value is -1.22. The molecular weight excluding hydrogens is 540 g/mol. The van der Waals surface area contributed by atoms with Gasteiger partial charge in [-0.25, -0.2) is 0 Å². The Morgan fingerprint density at radius 1 is 0.659 bits per heavy atom. The van der Waals surface area contributed by atoms with Gasteiger partial charge in [0.25, 0.3) is 0 Å². The lowest BCUT2D eigenvalue weighted by atomic mass is 9.74. The smallest absolute Gasteiger partial charge is 0.231 e. The van der Waals surface area contributed by atoms with E-state index < -0.39 is 0 Å². The first-order valence-corrected chi connectivity index (χ1v) is 18.0. The van der Waals surface area contributed by atoms with Crippen molar-refractivity contribution in [2.24, 2.45) is 33.0 Å². The van der Waals surface area contributed by atoms with Crippen LogP contribution < -0.4 is 9.47 Å². The summed E-state index contributed by atoms with van der Waals surface area (Å²) in [7, 11) is 0. The maximum absolute atomic E-state index is 5.08. The van der Waals surface area contributed by atoms with E-state index in [1.807, 2.05) is 24.3 Å². The molecule has 3 nitrogen and oxygen atoms in total. The molecule has 5 rings (SSSR count). The van der Waals surface area contributed by atoms with Gasteiger partial charge in [-0.15, -0.1) is 0 Å². The zero-order chi connectivity index (χ0) is 34.1. The molecule has 2 heterocycles. The van der Waals surface area contributed by atoms with E-state index in [-0.39, 0.29) is 0 Å². The van der Waals surface area contributed by atoms with Crippen LogP contribution in [-0.4, -0.2) is 20.0 Å². The zero-order valence-corrected chi connectivity index (χ0v) is 32.5. The van der Waals surface area contributed by atoms with Crippen molar-refractivity contribution in [3.63, 3.8) is 0 Å². The molecule has 1 aromatic carbocycles. The van der Waals surface area contributed by atoms with Crippen molar-refractivity contribution in [1.29, 1.82) is 0 Å². The number of fused-ring (bicyclic) bond motifs is 1. The van der Waals surface area contributed by atoms with Crippen molar-refractivity contribution < 1.29 is 14.2 Å². The Bertz CT molecular complexity index is 796. The third-order valence-electron chi connectivity index (χ3n) is 7.90. The van der Waals surface area contributed by atoms with Crippen LogP contribution in [0, 0.1) is 33.0 Å². The van der Waals surface area contributed by atoms with Gasteiger partial charge in [0.15, 0.2) is 11.5 Å². The van der Waals surface area contributed by atoms with E-state index in [0.717, 1.165) is 36.0 Å². The van der Waals surface area contributed by atoms with Crippen molar-refractivity contribution in [1.82, 2.24) is 0 Å².